The molecule has 3 heterocycles. The van der Waals surface area contributed by atoms with E-state index in [0.717, 1.165) is 10.2 Å². The van der Waals surface area contributed by atoms with Gasteiger partial charge in [-0.25, -0.2) is 4.39 Å². The molecule has 1 unspecified atom stereocenters. The standard InChI is InChI=1S/C16H13FN6O2/c1-22-8-9(7-18-22)14-15-11(19-20-14)6-13(24)23(21-15)16-10(17)4-3-5-12(16)25-2/h3-8,14H,1-2H3. The van der Waals surface area contributed by atoms with Crippen molar-refractivity contribution >= 4 is 5.69 Å². The Kier molecular flexibility index (Phi) is 3.41. The van der Waals surface area contributed by atoms with Gasteiger partial charge in [0.25, 0.3) is 5.56 Å². The first-order valence-corrected chi connectivity index (χ1v) is 7.45. The van der Waals surface area contributed by atoms with Gasteiger partial charge in [-0.3, -0.25) is 9.48 Å². The first-order valence-electron chi connectivity index (χ1n) is 7.45. The van der Waals surface area contributed by atoms with Crippen molar-refractivity contribution < 1.29 is 9.13 Å². The molecule has 1 aliphatic rings. The Hall–Kier alpha value is -3.36. The smallest absolute Gasteiger partial charge is 0.273 e. The highest BCUT2D eigenvalue weighted by Crippen LogP contribution is 2.37. The van der Waals surface area contributed by atoms with Crippen LogP contribution in [0.25, 0.3) is 5.69 Å². The second-order valence-electron chi connectivity index (χ2n) is 5.52. The molecule has 0 aliphatic carbocycles. The molecule has 3 aromatic rings. The van der Waals surface area contributed by atoms with Gasteiger partial charge in [0, 0.05) is 24.9 Å². The molecule has 0 saturated heterocycles. The fraction of sp³-hybridized carbons (Fsp3) is 0.188. The largest absolute Gasteiger partial charge is 0.494 e. The molecule has 0 radical (unpaired) electrons. The number of aryl methyl sites for hydroxylation is 1. The lowest BCUT2D eigenvalue weighted by Crippen LogP contribution is -2.23. The van der Waals surface area contributed by atoms with Crippen molar-refractivity contribution in [3.8, 4) is 11.4 Å². The third kappa shape index (κ3) is 2.40. The van der Waals surface area contributed by atoms with Crippen molar-refractivity contribution in [2.45, 2.75) is 6.04 Å². The number of ether oxygens (including phenoxy) is 1. The van der Waals surface area contributed by atoms with Gasteiger partial charge in [-0.05, 0) is 12.1 Å². The van der Waals surface area contributed by atoms with Crippen LogP contribution < -0.4 is 10.3 Å². The molecule has 1 aliphatic heterocycles. The van der Waals surface area contributed by atoms with Gasteiger partial charge in [0.15, 0.2) is 5.82 Å². The van der Waals surface area contributed by atoms with Gasteiger partial charge in [0.1, 0.15) is 28.9 Å². The van der Waals surface area contributed by atoms with Crippen molar-refractivity contribution in [1.82, 2.24) is 19.6 Å². The van der Waals surface area contributed by atoms with Crippen LogP contribution in [0.5, 0.6) is 5.75 Å². The average molecular weight is 340 g/mol. The Morgan fingerprint density at radius 1 is 1.32 bits per heavy atom. The third-order valence-corrected chi connectivity index (χ3v) is 3.90. The van der Waals surface area contributed by atoms with Gasteiger partial charge in [-0.15, -0.1) is 0 Å². The average Bonchev–Trinajstić information content (AvgIpc) is 3.19. The van der Waals surface area contributed by atoms with E-state index in [0.29, 0.717) is 11.4 Å². The van der Waals surface area contributed by atoms with E-state index in [-0.39, 0.29) is 11.4 Å². The summed E-state index contributed by atoms with van der Waals surface area (Å²) in [4.78, 5) is 12.4. The van der Waals surface area contributed by atoms with Gasteiger partial charge in [-0.1, -0.05) is 6.07 Å². The molecule has 25 heavy (non-hydrogen) atoms. The number of benzene rings is 1. The number of hydrogen-bond acceptors (Lipinski definition) is 6. The SMILES string of the molecule is COc1cccc(F)c1-n1nc2c(cc1=O)N=NC2c1cnn(C)c1. The first kappa shape index (κ1) is 15.2. The molecule has 9 heteroatoms. The van der Waals surface area contributed by atoms with Crippen LogP contribution in [-0.4, -0.2) is 26.7 Å². The molecule has 0 fully saturated rings. The Morgan fingerprint density at radius 3 is 2.88 bits per heavy atom. The predicted octanol–water partition coefficient (Wildman–Crippen LogP) is 2.30. The molecular weight excluding hydrogens is 327 g/mol. The Labute approximate surface area is 141 Å². The zero-order valence-corrected chi connectivity index (χ0v) is 13.4. The van der Waals surface area contributed by atoms with Crippen LogP contribution in [0.15, 0.2) is 51.7 Å². The zero-order chi connectivity index (χ0) is 17.6. The van der Waals surface area contributed by atoms with E-state index in [1.54, 1.807) is 30.2 Å². The van der Waals surface area contributed by atoms with E-state index < -0.39 is 17.4 Å². The lowest BCUT2D eigenvalue weighted by Gasteiger charge is -2.12. The number of methoxy groups -OCH3 is 1. The fourth-order valence-corrected chi connectivity index (χ4v) is 2.74. The number of rotatable bonds is 3. The number of azo groups is 1. The maximum Gasteiger partial charge on any atom is 0.273 e. The normalized spacial score (nSPS) is 15.4. The fourth-order valence-electron chi connectivity index (χ4n) is 2.74. The minimum absolute atomic E-state index is 0.0466. The maximum absolute atomic E-state index is 14.3. The van der Waals surface area contributed by atoms with Crippen molar-refractivity contribution in [2.75, 3.05) is 7.11 Å². The van der Waals surface area contributed by atoms with E-state index in [2.05, 4.69) is 20.4 Å². The van der Waals surface area contributed by atoms with Crippen molar-refractivity contribution in [3.05, 3.63) is 64.1 Å². The third-order valence-electron chi connectivity index (χ3n) is 3.90. The number of aromatic nitrogens is 4. The minimum Gasteiger partial charge on any atom is -0.494 e. The lowest BCUT2D eigenvalue weighted by atomic mass is 10.1. The minimum atomic E-state index is -0.612. The van der Waals surface area contributed by atoms with Crippen molar-refractivity contribution in [2.24, 2.45) is 17.3 Å². The van der Waals surface area contributed by atoms with Gasteiger partial charge in [0.2, 0.25) is 0 Å². The van der Waals surface area contributed by atoms with Crippen molar-refractivity contribution in [1.29, 1.82) is 0 Å². The molecule has 0 amide bonds. The van der Waals surface area contributed by atoms with Gasteiger partial charge in [-0.2, -0.15) is 25.1 Å². The molecule has 2 aromatic heterocycles. The molecule has 0 N–H and O–H groups in total. The van der Waals surface area contributed by atoms with Crippen LogP contribution in [-0.2, 0) is 7.05 Å². The summed E-state index contributed by atoms with van der Waals surface area (Å²) in [5, 5.41) is 16.6. The second-order valence-corrected chi connectivity index (χ2v) is 5.52. The van der Waals surface area contributed by atoms with Crippen LogP contribution in [0.4, 0.5) is 10.1 Å². The predicted molar refractivity (Wildman–Crippen MR) is 85.9 cm³/mol. The Bertz CT molecular complexity index is 1060. The van der Waals surface area contributed by atoms with Crippen LogP contribution in [0, 0.1) is 5.82 Å². The maximum atomic E-state index is 14.3. The highest BCUT2D eigenvalue weighted by atomic mass is 19.1. The van der Waals surface area contributed by atoms with Crippen LogP contribution in [0.1, 0.15) is 17.3 Å². The van der Waals surface area contributed by atoms with Gasteiger partial charge >= 0.3 is 0 Å². The Morgan fingerprint density at radius 2 is 2.16 bits per heavy atom. The number of fused-ring (bicyclic) bond motifs is 1. The van der Waals surface area contributed by atoms with Crippen LogP contribution in [0.2, 0.25) is 0 Å². The zero-order valence-electron chi connectivity index (χ0n) is 13.4. The number of nitrogens with zero attached hydrogens (tertiary/aromatic N) is 6. The highest BCUT2D eigenvalue weighted by Gasteiger charge is 2.28. The summed E-state index contributed by atoms with van der Waals surface area (Å²) in [5.41, 5.74) is 1.04. The molecular formula is C16H13FN6O2. The molecule has 1 aromatic carbocycles. The van der Waals surface area contributed by atoms with E-state index in [1.807, 2.05) is 0 Å². The Balaban J connectivity index is 1.90. The summed E-state index contributed by atoms with van der Waals surface area (Å²) in [5.74, 6) is -0.405. The van der Waals surface area contributed by atoms with E-state index >= 15 is 0 Å². The summed E-state index contributed by atoms with van der Waals surface area (Å²) in [6.45, 7) is 0. The summed E-state index contributed by atoms with van der Waals surface area (Å²) >= 11 is 0. The molecule has 4 rings (SSSR count). The second kappa shape index (κ2) is 5.62. The van der Waals surface area contributed by atoms with Gasteiger partial charge in [0.05, 0.1) is 13.3 Å². The molecule has 0 spiro atoms. The quantitative estimate of drug-likeness (QED) is 0.732. The molecule has 0 saturated carbocycles. The summed E-state index contributed by atoms with van der Waals surface area (Å²) in [6.07, 6.45) is 3.44. The highest BCUT2D eigenvalue weighted by molar-refractivity contribution is 5.51. The van der Waals surface area contributed by atoms with Crippen molar-refractivity contribution in [3.63, 3.8) is 0 Å². The topological polar surface area (TPSA) is 86.7 Å². The summed E-state index contributed by atoms with van der Waals surface area (Å²) in [7, 11) is 3.19. The number of hydrogen-bond donors (Lipinski definition) is 0. The van der Waals surface area contributed by atoms with Crippen LogP contribution in [0.3, 0.4) is 0 Å². The first-order chi connectivity index (χ1) is 12.1. The number of halogens is 1. The number of para-hydroxylation sites is 1. The van der Waals surface area contributed by atoms with E-state index in [1.165, 1.54) is 25.3 Å². The van der Waals surface area contributed by atoms with Gasteiger partial charge < -0.3 is 4.74 Å². The molecule has 0 bridgehead atoms. The molecule has 126 valence electrons. The lowest BCUT2D eigenvalue weighted by molar-refractivity contribution is 0.406. The summed E-state index contributed by atoms with van der Waals surface area (Å²) in [6, 6.07) is 5.10. The monoisotopic (exact) mass is 340 g/mol. The van der Waals surface area contributed by atoms with E-state index in [9.17, 15) is 9.18 Å². The van der Waals surface area contributed by atoms with Crippen LogP contribution >= 0.6 is 0 Å². The van der Waals surface area contributed by atoms with E-state index in [4.69, 9.17) is 4.74 Å². The summed E-state index contributed by atoms with van der Waals surface area (Å²) < 4.78 is 22.1. The molecule has 1 atom stereocenters. The molecule has 8 nitrogen and oxygen atoms in total.